The van der Waals surface area contributed by atoms with E-state index in [9.17, 15) is 0 Å². The molecule has 2 aliphatic rings. The minimum absolute atomic E-state index is 0.768. The van der Waals surface area contributed by atoms with Crippen LogP contribution in [0.15, 0.2) is 30.3 Å². The second-order valence-corrected chi connectivity index (χ2v) is 4.71. The van der Waals surface area contributed by atoms with Gasteiger partial charge in [0, 0.05) is 6.04 Å². The number of hydrogen-bond acceptors (Lipinski definition) is 1. The number of hydrogen-bond donors (Lipinski definition) is 1. The second-order valence-electron chi connectivity index (χ2n) is 4.71. The highest BCUT2D eigenvalue weighted by Crippen LogP contribution is 2.41. The van der Waals surface area contributed by atoms with Crippen LogP contribution in [0, 0.1) is 11.8 Å². The predicted molar refractivity (Wildman–Crippen MR) is 58.2 cm³/mol. The molecule has 0 radical (unpaired) electrons. The van der Waals surface area contributed by atoms with Crippen LogP contribution in [0.25, 0.3) is 0 Å². The minimum Gasteiger partial charge on any atom is -0.313 e. The largest absolute Gasteiger partial charge is 0.313 e. The van der Waals surface area contributed by atoms with Crippen molar-refractivity contribution in [1.82, 2.24) is 5.32 Å². The summed E-state index contributed by atoms with van der Waals surface area (Å²) in [4.78, 5) is 0. The van der Waals surface area contributed by atoms with E-state index < -0.39 is 0 Å². The van der Waals surface area contributed by atoms with Crippen LogP contribution in [0.1, 0.15) is 18.4 Å². The Labute approximate surface area is 85.5 Å². The van der Waals surface area contributed by atoms with Crippen LogP contribution in [-0.2, 0) is 6.42 Å². The first-order chi connectivity index (χ1) is 6.93. The van der Waals surface area contributed by atoms with Gasteiger partial charge in [-0.05, 0) is 43.2 Å². The summed E-state index contributed by atoms with van der Waals surface area (Å²) in [6, 6.07) is 11.6. The Hall–Kier alpha value is -0.820. The molecule has 0 aromatic heterocycles. The van der Waals surface area contributed by atoms with Crippen molar-refractivity contribution in [2.24, 2.45) is 11.8 Å². The van der Waals surface area contributed by atoms with Crippen molar-refractivity contribution in [3.05, 3.63) is 35.9 Å². The average molecular weight is 187 g/mol. The van der Waals surface area contributed by atoms with E-state index in [2.05, 4.69) is 35.6 Å². The van der Waals surface area contributed by atoms with Crippen LogP contribution in [0.2, 0.25) is 0 Å². The minimum atomic E-state index is 0.768. The molecule has 1 nitrogen and oxygen atoms in total. The zero-order valence-corrected chi connectivity index (χ0v) is 8.45. The van der Waals surface area contributed by atoms with E-state index in [1.54, 1.807) is 0 Å². The van der Waals surface area contributed by atoms with Gasteiger partial charge in [0.1, 0.15) is 0 Å². The molecule has 1 heterocycles. The molecule has 2 fully saturated rings. The topological polar surface area (TPSA) is 12.0 Å². The molecule has 3 rings (SSSR count). The van der Waals surface area contributed by atoms with Gasteiger partial charge in [-0.1, -0.05) is 30.3 Å². The van der Waals surface area contributed by atoms with Gasteiger partial charge in [0.05, 0.1) is 0 Å². The molecule has 74 valence electrons. The Morgan fingerprint density at radius 1 is 1.14 bits per heavy atom. The molecule has 1 aliphatic heterocycles. The molecule has 1 aromatic rings. The fourth-order valence-corrected chi connectivity index (χ4v) is 2.53. The fraction of sp³-hybridized carbons (Fsp3) is 0.538. The summed E-state index contributed by atoms with van der Waals surface area (Å²) in [6.07, 6.45) is 4.19. The molecule has 2 unspecified atom stereocenters. The third-order valence-electron chi connectivity index (χ3n) is 3.66. The van der Waals surface area contributed by atoms with Gasteiger partial charge in [-0.2, -0.15) is 0 Å². The molecular weight excluding hydrogens is 170 g/mol. The second kappa shape index (κ2) is 3.39. The van der Waals surface area contributed by atoms with Crippen LogP contribution in [0.3, 0.4) is 0 Å². The molecule has 1 aromatic carbocycles. The van der Waals surface area contributed by atoms with Gasteiger partial charge in [0.2, 0.25) is 0 Å². The van der Waals surface area contributed by atoms with Crippen LogP contribution in [0.4, 0.5) is 0 Å². The zero-order valence-electron chi connectivity index (χ0n) is 8.45. The maximum atomic E-state index is 3.57. The van der Waals surface area contributed by atoms with Gasteiger partial charge < -0.3 is 5.32 Å². The van der Waals surface area contributed by atoms with E-state index in [0.717, 1.165) is 17.9 Å². The molecule has 1 N–H and O–H groups in total. The van der Waals surface area contributed by atoms with E-state index in [-0.39, 0.29) is 0 Å². The molecule has 2 atom stereocenters. The Kier molecular flexibility index (Phi) is 2.06. The van der Waals surface area contributed by atoms with E-state index in [1.165, 1.54) is 31.4 Å². The molecule has 1 saturated heterocycles. The van der Waals surface area contributed by atoms with Crippen molar-refractivity contribution < 1.29 is 0 Å². The summed E-state index contributed by atoms with van der Waals surface area (Å²) in [6.45, 7) is 1.27. The van der Waals surface area contributed by atoms with Gasteiger partial charge in [0.25, 0.3) is 0 Å². The quantitative estimate of drug-likeness (QED) is 0.765. The predicted octanol–water partition coefficient (Wildman–Crippen LogP) is 2.23. The normalized spacial score (nSPS) is 31.1. The summed E-state index contributed by atoms with van der Waals surface area (Å²) < 4.78 is 0. The highest BCUT2D eigenvalue weighted by atomic mass is 15.0. The Morgan fingerprint density at radius 2 is 1.93 bits per heavy atom. The Balaban J connectivity index is 1.62. The molecule has 1 saturated carbocycles. The molecule has 1 aliphatic carbocycles. The molecular formula is C13H17N. The van der Waals surface area contributed by atoms with E-state index in [1.807, 2.05) is 0 Å². The molecule has 0 spiro atoms. The molecule has 0 amide bonds. The van der Waals surface area contributed by atoms with Crippen molar-refractivity contribution in [2.75, 3.05) is 6.54 Å². The lowest BCUT2D eigenvalue weighted by molar-refractivity contribution is 0.202. The van der Waals surface area contributed by atoms with Crippen LogP contribution < -0.4 is 5.32 Å². The summed E-state index contributed by atoms with van der Waals surface area (Å²) in [7, 11) is 0. The lowest BCUT2D eigenvalue weighted by Gasteiger charge is -2.38. The highest BCUT2D eigenvalue weighted by Gasteiger charge is 2.41. The van der Waals surface area contributed by atoms with Crippen molar-refractivity contribution in [2.45, 2.75) is 25.3 Å². The van der Waals surface area contributed by atoms with Crippen molar-refractivity contribution >= 4 is 0 Å². The van der Waals surface area contributed by atoms with Gasteiger partial charge >= 0.3 is 0 Å². The maximum Gasteiger partial charge on any atom is 0.0151 e. The van der Waals surface area contributed by atoms with Gasteiger partial charge in [-0.3, -0.25) is 0 Å². The first kappa shape index (κ1) is 8.49. The monoisotopic (exact) mass is 187 g/mol. The first-order valence-corrected chi connectivity index (χ1v) is 5.71. The molecule has 1 heteroatoms. The highest BCUT2D eigenvalue weighted by molar-refractivity contribution is 5.17. The van der Waals surface area contributed by atoms with E-state index >= 15 is 0 Å². The number of rotatable bonds is 3. The van der Waals surface area contributed by atoms with Gasteiger partial charge in [0.15, 0.2) is 0 Å². The van der Waals surface area contributed by atoms with Crippen molar-refractivity contribution in [3.8, 4) is 0 Å². The fourth-order valence-electron chi connectivity index (χ4n) is 2.53. The molecule has 14 heavy (non-hydrogen) atoms. The van der Waals surface area contributed by atoms with E-state index in [4.69, 9.17) is 0 Å². The SMILES string of the molecule is c1ccc(CC2NCC2C2CC2)cc1. The molecule has 0 bridgehead atoms. The number of benzene rings is 1. The lowest BCUT2D eigenvalue weighted by Crippen LogP contribution is -2.55. The Bertz CT molecular complexity index is 302. The lowest BCUT2D eigenvalue weighted by atomic mass is 9.83. The smallest absolute Gasteiger partial charge is 0.0151 e. The standard InChI is InChI=1S/C13H17N/c1-2-4-10(5-3-1)8-13-12(9-14-13)11-6-7-11/h1-5,11-14H,6-9H2. The maximum absolute atomic E-state index is 3.57. The van der Waals surface area contributed by atoms with Crippen LogP contribution >= 0.6 is 0 Å². The van der Waals surface area contributed by atoms with Crippen molar-refractivity contribution in [1.29, 1.82) is 0 Å². The Morgan fingerprint density at radius 3 is 2.50 bits per heavy atom. The third kappa shape index (κ3) is 1.57. The van der Waals surface area contributed by atoms with Crippen LogP contribution in [-0.4, -0.2) is 12.6 Å². The average Bonchev–Trinajstić information content (AvgIpc) is 2.99. The van der Waals surface area contributed by atoms with Crippen LogP contribution in [0.5, 0.6) is 0 Å². The van der Waals surface area contributed by atoms with Gasteiger partial charge in [-0.15, -0.1) is 0 Å². The zero-order chi connectivity index (χ0) is 9.38. The van der Waals surface area contributed by atoms with E-state index in [0.29, 0.717) is 0 Å². The number of nitrogens with one attached hydrogen (secondary N) is 1. The summed E-state index contributed by atoms with van der Waals surface area (Å²) >= 11 is 0. The third-order valence-corrected chi connectivity index (χ3v) is 3.66. The summed E-state index contributed by atoms with van der Waals surface area (Å²) in [5.41, 5.74) is 1.48. The first-order valence-electron chi connectivity index (χ1n) is 5.71. The van der Waals surface area contributed by atoms with Gasteiger partial charge in [-0.25, -0.2) is 0 Å². The summed E-state index contributed by atoms with van der Waals surface area (Å²) in [5.74, 6) is 2.04. The van der Waals surface area contributed by atoms with Crippen molar-refractivity contribution in [3.63, 3.8) is 0 Å². The summed E-state index contributed by atoms with van der Waals surface area (Å²) in [5, 5.41) is 3.57.